The molecule has 0 bridgehead atoms. The zero-order valence-electron chi connectivity index (χ0n) is 8.56. The predicted molar refractivity (Wildman–Crippen MR) is 74.2 cm³/mol. The first-order chi connectivity index (χ1) is 8.24. The topological polar surface area (TPSA) is 9.23 Å². The minimum atomic E-state index is -1.85. The molecule has 2 aromatic carbocycles. The van der Waals surface area contributed by atoms with Gasteiger partial charge in [0.05, 0.1) is 0 Å². The molecule has 2 aromatic rings. The molecule has 5 heteroatoms. The van der Waals surface area contributed by atoms with Crippen molar-refractivity contribution in [3.05, 3.63) is 42.5 Å². The van der Waals surface area contributed by atoms with E-state index in [4.69, 9.17) is 24.6 Å². The van der Waals surface area contributed by atoms with Gasteiger partial charge in [-0.25, -0.2) is 0 Å². The van der Waals surface area contributed by atoms with Gasteiger partial charge in [-0.05, 0) is 0 Å². The zero-order valence-corrected chi connectivity index (χ0v) is 12.8. The standard InChI is InChI=1S/C12H7AsCl2OS/c14-13(15)8-5-6-10-12(7-8)17-11-4-2-1-3-9(11)16-10/h1-7H. The molecule has 17 heavy (non-hydrogen) atoms. The second kappa shape index (κ2) is 4.78. The van der Waals surface area contributed by atoms with Crippen molar-refractivity contribution in [3.63, 3.8) is 0 Å². The predicted octanol–water partition coefficient (Wildman–Crippen LogP) is 4.12. The number of halogens is 2. The van der Waals surface area contributed by atoms with Crippen LogP contribution in [-0.4, -0.2) is 12.8 Å². The molecule has 0 spiro atoms. The fourth-order valence-corrected chi connectivity index (χ4v) is 4.76. The molecule has 0 amide bonds. The van der Waals surface area contributed by atoms with Crippen LogP contribution in [0, 0.1) is 0 Å². The number of hydrogen-bond donors (Lipinski definition) is 0. The molecule has 0 unspecified atom stereocenters. The van der Waals surface area contributed by atoms with Crippen molar-refractivity contribution in [2.75, 3.05) is 0 Å². The van der Waals surface area contributed by atoms with Gasteiger partial charge >= 0.3 is 117 Å². The van der Waals surface area contributed by atoms with Gasteiger partial charge in [0.15, 0.2) is 0 Å². The van der Waals surface area contributed by atoms with Crippen molar-refractivity contribution < 1.29 is 4.74 Å². The van der Waals surface area contributed by atoms with Crippen LogP contribution in [0.4, 0.5) is 0 Å². The fourth-order valence-electron chi connectivity index (χ4n) is 1.62. The van der Waals surface area contributed by atoms with Crippen LogP contribution in [0.25, 0.3) is 0 Å². The van der Waals surface area contributed by atoms with Crippen LogP contribution in [0.3, 0.4) is 0 Å². The summed E-state index contributed by atoms with van der Waals surface area (Å²) in [7, 11) is 12.0. The summed E-state index contributed by atoms with van der Waals surface area (Å²) in [5, 5.41) is 0. The van der Waals surface area contributed by atoms with Crippen LogP contribution in [-0.2, 0) is 0 Å². The van der Waals surface area contributed by atoms with E-state index in [2.05, 4.69) is 0 Å². The van der Waals surface area contributed by atoms with E-state index in [0.717, 1.165) is 25.6 Å². The maximum atomic E-state index is 6.01. The number of benzene rings is 2. The molecule has 1 nitrogen and oxygen atoms in total. The molecule has 0 aromatic heterocycles. The molecule has 1 aliphatic rings. The number of ether oxygens (including phenoxy) is 1. The number of para-hydroxylation sites is 1. The van der Waals surface area contributed by atoms with E-state index in [1.165, 1.54) is 0 Å². The molecule has 0 aliphatic carbocycles. The Morgan fingerprint density at radius 3 is 2.53 bits per heavy atom. The molecule has 0 saturated heterocycles. The Balaban J connectivity index is 2.03. The van der Waals surface area contributed by atoms with Crippen LogP contribution in [0.15, 0.2) is 52.3 Å². The number of rotatable bonds is 1. The average Bonchev–Trinajstić information content (AvgIpc) is 2.35. The van der Waals surface area contributed by atoms with Crippen molar-refractivity contribution in [1.82, 2.24) is 0 Å². The van der Waals surface area contributed by atoms with Crippen molar-refractivity contribution in [1.29, 1.82) is 0 Å². The summed E-state index contributed by atoms with van der Waals surface area (Å²) in [6.45, 7) is 0. The van der Waals surface area contributed by atoms with Crippen molar-refractivity contribution >= 4 is 48.8 Å². The SMILES string of the molecule is Cl[As](Cl)c1ccc2c(c1)Sc1ccccc1O2. The summed E-state index contributed by atoms with van der Waals surface area (Å²) in [6.07, 6.45) is 0. The molecule has 1 heterocycles. The molecular formula is C12H7AsCl2OS. The van der Waals surface area contributed by atoms with Crippen LogP contribution in [0.2, 0.25) is 0 Å². The Kier molecular flexibility index (Phi) is 3.31. The van der Waals surface area contributed by atoms with Gasteiger partial charge in [0, 0.05) is 0 Å². The van der Waals surface area contributed by atoms with E-state index < -0.39 is 12.8 Å². The Morgan fingerprint density at radius 2 is 1.71 bits per heavy atom. The van der Waals surface area contributed by atoms with Crippen LogP contribution < -0.4 is 9.09 Å². The Labute approximate surface area is 117 Å². The molecule has 0 atom stereocenters. The Hall–Kier alpha value is -0.272. The van der Waals surface area contributed by atoms with Gasteiger partial charge < -0.3 is 0 Å². The van der Waals surface area contributed by atoms with Gasteiger partial charge in [-0.1, -0.05) is 0 Å². The Morgan fingerprint density at radius 1 is 0.941 bits per heavy atom. The van der Waals surface area contributed by atoms with E-state index in [1.807, 2.05) is 42.5 Å². The van der Waals surface area contributed by atoms with Crippen LogP contribution in [0.1, 0.15) is 0 Å². The van der Waals surface area contributed by atoms with Gasteiger partial charge in [-0.15, -0.1) is 0 Å². The molecule has 3 rings (SSSR count). The first-order valence-corrected chi connectivity index (χ1v) is 11.6. The van der Waals surface area contributed by atoms with Gasteiger partial charge in [0.2, 0.25) is 0 Å². The van der Waals surface area contributed by atoms with E-state index in [9.17, 15) is 0 Å². The molecule has 0 fully saturated rings. The summed E-state index contributed by atoms with van der Waals surface area (Å²) in [6, 6.07) is 13.9. The summed E-state index contributed by atoms with van der Waals surface area (Å²) in [5.41, 5.74) is 0. The van der Waals surface area contributed by atoms with Gasteiger partial charge in [0.25, 0.3) is 0 Å². The van der Waals surface area contributed by atoms with Gasteiger partial charge in [-0.2, -0.15) is 0 Å². The van der Waals surface area contributed by atoms with E-state index >= 15 is 0 Å². The van der Waals surface area contributed by atoms with E-state index in [-0.39, 0.29) is 0 Å². The van der Waals surface area contributed by atoms with E-state index in [0.29, 0.717) is 0 Å². The van der Waals surface area contributed by atoms with Crippen LogP contribution in [0.5, 0.6) is 11.5 Å². The van der Waals surface area contributed by atoms with Gasteiger partial charge in [0.1, 0.15) is 0 Å². The van der Waals surface area contributed by atoms with Gasteiger partial charge in [-0.3, -0.25) is 0 Å². The molecule has 0 radical (unpaired) electrons. The minimum absolute atomic E-state index is 0.877. The van der Waals surface area contributed by atoms with Crippen molar-refractivity contribution in [2.45, 2.75) is 9.79 Å². The van der Waals surface area contributed by atoms with Crippen LogP contribution >= 0.6 is 31.7 Å². The summed E-state index contributed by atoms with van der Waals surface area (Å²) in [5.74, 6) is 1.78. The second-order valence-electron chi connectivity index (χ2n) is 3.51. The van der Waals surface area contributed by atoms with E-state index in [1.54, 1.807) is 11.8 Å². The Bertz CT molecular complexity index is 574. The summed E-state index contributed by atoms with van der Waals surface area (Å²) in [4.78, 5) is 2.21. The normalized spacial score (nSPS) is 12.9. The van der Waals surface area contributed by atoms with Crippen molar-refractivity contribution in [3.8, 4) is 11.5 Å². The second-order valence-corrected chi connectivity index (χ2v) is 11.1. The first-order valence-electron chi connectivity index (χ1n) is 4.94. The molecule has 86 valence electrons. The quantitative estimate of drug-likeness (QED) is 0.614. The maximum absolute atomic E-state index is 6.01. The summed E-state index contributed by atoms with van der Waals surface area (Å²) >= 11 is -0.158. The monoisotopic (exact) mass is 344 g/mol. The zero-order chi connectivity index (χ0) is 11.8. The third-order valence-electron chi connectivity index (χ3n) is 2.41. The average molecular weight is 345 g/mol. The number of hydrogen-bond acceptors (Lipinski definition) is 2. The number of fused-ring (bicyclic) bond motifs is 2. The molecule has 1 aliphatic heterocycles. The summed E-state index contributed by atoms with van der Waals surface area (Å²) < 4.78 is 6.86. The fraction of sp³-hybridized carbons (Fsp3) is 0. The molecule has 0 saturated carbocycles. The molecule has 0 N–H and O–H groups in total. The first kappa shape index (κ1) is 11.8. The third-order valence-corrected chi connectivity index (χ3v) is 6.94. The molecular weight excluding hydrogens is 338 g/mol. The third kappa shape index (κ3) is 2.32. The van der Waals surface area contributed by atoms with Crippen molar-refractivity contribution in [2.24, 2.45) is 0 Å².